The van der Waals surface area contributed by atoms with Gasteiger partial charge in [0.2, 0.25) is 11.8 Å². The number of hydrazone groups is 1. The van der Waals surface area contributed by atoms with Gasteiger partial charge < -0.3 is 11.1 Å². The summed E-state index contributed by atoms with van der Waals surface area (Å²) in [6, 6.07) is 6.90. The fraction of sp³-hybridized carbons (Fsp3) is 0.471. The number of hydrogen-bond donors (Lipinski definition) is 3. The first-order chi connectivity index (χ1) is 10.9. The van der Waals surface area contributed by atoms with Crippen LogP contribution < -0.4 is 16.5 Å². The van der Waals surface area contributed by atoms with Crippen LogP contribution in [0.2, 0.25) is 0 Å². The van der Waals surface area contributed by atoms with Gasteiger partial charge in [0.1, 0.15) is 0 Å². The van der Waals surface area contributed by atoms with Crippen molar-refractivity contribution in [2.24, 2.45) is 22.7 Å². The van der Waals surface area contributed by atoms with Crippen molar-refractivity contribution in [1.82, 2.24) is 5.43 Å². The Morgan fingerprint density at radius 1 is 1.39 bits per heavy atom. The van der Waals surface area contributed by atoms with E-state index in [0.717, 1.165) is 11.3 Å². The molecule has 4 N–H and O–H groups in total. The highest BCUT2D eigenvalue weighted by Crippen LogP contribution is 2.18. The zero-order chi connectivity index (χ0) is 17.0. The summed E-state index contributed by atoms with van der Waals surface area (Å²) in [6.07, 6.45) is 1.08. The van der Waals surface area contributed by atoms with E-state index in [9.17, 15) is 9.59 Å². The molecular formula is C17H24N4O2. The Kier molecular flexibility index (Phi) is 5.50. The van der Waals surface area contributed by atoms with Crippen molar-refractivity contribution in [1.29, 1.82) is 0 Å². The van der Waals surface area contributed by atoms with Gasteiger partial charge in [-0.2, -0.15) is 5.10 Å². The molecule has 1 aliphatic heterocycles. The molecule has 2 rings (SSSR count). The summed E-state index contributed by atoms with van der Waals surface area (Å²) in [5.74, 6) is 0.203. The molecule has 0 saturated carbocycles. The average Bonchev–Trinajstić information content (AvgIpc) is 2.47. The Morgan fingerprint density at radius 3 is 2.61 bits per heavy atom. The van der Waals surface area contributed by atoms with Gasteiger partial charge in [-0.25, -0.2) is 5.43 Å². The number of anilines is 1. The zero-order valence-electron chi connectivity index (χ0n) is 13.8. The second kappa shape index (κ2) is 7.37. The van der Waals surface area contributed by atoms with Crippen molar-refractivity contribution >= 4 is 23.2 Å². The van der Waals surface area contributed by atoms with Gasteiger partial charge >= 0.3 is 0 Å². The second-order valence-corrected chi connectivity index (χ2v) is 6.44. The van der Waals surface area contributed by atoms with E-state index in [4.69, 9.17) is 5.73 Å². The molecule has 1 unspecified atom stereocenters. The van der Waals surface area contributed by atoms with Crippen LogP contribution in [0.25, 0.3) is 0 Å². The van der Waals surface area contributed by atoms with Crippen LogP contribution in [0.1, 0.15) is 39.2 Å². The molecule has 1 aromatic carbocycles. The lowest BCUT2D eigenvalue weighted by Crippen LogP contribution is -2.36. The highest BCUT2D eigenvalue weighted by Gasteiger charge is 2.21. The molecule has 0 aromatic heterocycles. The van der Waals surface area contributed by atoms with Crippen LogP contribution in [0.15, 0.2) is 29.4 Å². The fourth-order valence-corrected chi connectivity index (χ4v) is 2.58. The number of nitrogens with one attached hydrogen (secondary N) is 2. The number of carbonyl (C=O) groups is 2. The maximum absolute atomic E-state index is 12.0. The Bertz CT molecular complexity index is 608. The molecule has 0 aliphatic carbocycles. The van der Waals surface area contributed by atoms with Gasteiger partial charge in [-0.05, 0) is 30.0 Å². The maximum atomic E-state index is 12.0. The highest BCUT2D eigenvalue weighted by atomic mass is 16.2. The van der Waals surface area contributed by atoms with Gasteiger partial charge in [0.25, 0.3) is 0 Å². The third-order valence-electron chi connectivity index (χ3n) is 3.77. The lowest BCUT2D eigenvalue weighted by atomic mass is 9.94. The molecule has 0 spiro atoms. The smallest absolute Gasteiger partial charge is 0.241 e. The topological polar surface area (TPSA) is 96.6 Å². The fourth-order valence-electron chi connectivity index (χ4n) is 2.58. The SMILES string of the molecule is CC(C)C[C@H](N)C(=O)Nc1ccc(C2=NNC(=O)CC2C)cc1. The van der Waals surface area contributed by atoms with Crippen LogP contribution in [0.3, 0.4) is 0 Å². The molecule has 1 aromatic rings. The van der Waals surface area contributed by atoms with Crippen LogP contribution in [-0.4, -0.2) is 23.6 Å². The number of nitrogens with two attached hydrogens (primary N) is 1. The van der Waals surface area contributed by atoms with Crippen molar-refractivity contribution in [3.05, 3.63) is 29.8 Å². The highest BCUT2D eigenvalue weighted by molar-refractivity contribution is 6.06. The van der Waals surface area contributed by atoms with Crippen molar-refractivity contribution in [3.8, 4) is 0 Å². The molecule has 6 nitrogen and oxygen atoms in total. The summed E-state index contributed by atoms with van der Waals surface area (Å²) < 4.78 is 0. The van der Waals surface area contributed by atoms with E-state index in [1.165, 1.54) is 0 Å². The first-order valence-electron chi connectivity index (χ1n) is 7.90. The molecule has 0 bridgehead atoms. The molecular weight excluding hydrogens is 292 g/mol. The average molecular weight is 316 g/mol. The third kappa shape index (κ3) is 4.63. The number of rotatable bonds is 5. The largest absolute Gasteiger partial charge is 0.325 e. The van der Waals surface area contributed by atoms with Crippen molar-refractivity contribution < 1.29 is 9.59 Å². The summed E-state index contributed by atoms with van der Waals surface area (Å²) in [4.78, 5) is 23.3. The first-order valence-corrected chi connectivity index (χ1v) is 7.90. The summed E-state index contributed by atoms with van der Waals surface area (Å²) in [5, 5.41) is 6.94. The minimum absolute atomic E-state index is 0.0655. The van der Waals surface area contributed by atoms with E-state index in [1.807, 2.05) is 45.0 Å². The minimum Gasteiger partial charge on any atom is -0.325 e. The van der Waals surface area contributed by atoms with E-state index >= 15 is 0 Å². The lowest BCUT2D eigenvalue weighted by molar-refractivity contribution is -0.122. The quantitative estimate of drug-likeness (QED) is 0.773. The summed E-state index contributed by atoms with van der Waals surface area (Å²) in [6.45, 7) is 6.04. The maximum Gasteiger partial charge on any atom is 0.241 e. The third-order valence-corrected chi connectivity index (χ3v) is 3.77. The molecule has 0 saturated heterocycles. The van der Waals surface area contributed by atoms with Crippen LogP contribution in [-0.2, 0) is 9.59 Å². The molecule has 1 aliphatic rings. The van der Waals surface area contributed by atoms with Gasteiger partial charge in [-0.1, -0.05) is 32.9 Å². The molecule has 2 amide bonds. The molecule has 0 fully saturated rings. The van der Waals surface area contributed by atoms with E-state index in [0.29, 0.717) is 24.4 Å². The van der Waals surface area contributed by atoms with Crippen molar-refractivity contribution in [2.75, 3.05) is 5.32 Å². The standard InChI is InChI=1S/C17H24N4O2/c1-10(2)8-14(18)17(23)19-13-6-4-12(5-7-13)16-11(3)9-15(22)20-21-16/h4-7,10-11,14H,8-9,18H2,1-3H3,(H,19,23)(H,20,22)/t11?,14-/m0/s1. The van der Waals surface area contributed by atoms with Crippen molar-refractivity contribution in [3.63, 3.8) is 0 Å². The minimum atomic E-state index is -0.507. The van der Waals surface area contributed by atoms with E-state index < -0.39 is 6.04 Å². The number of amides is 2. The predicted molar refractivity (Wildman–Crippen MR) is 91.0 cm³/mol. The van der Waals surface area contributed by atoms with E-state index in [1.54, 1.807) is 0 Å². The summed E-state index contributed by atoms with van der Waals surface area (Å²) in [7, 11) is 0. The number of nitrogens with zero attached hydrogens (tertiary/aromatic N) is 1. The number of carbonyl (C=O) groups excluding carboxylic acids is 2. The Morgan fingerprint density at radius 2 is 2.04 bits per heavy atom. The molecule has 0 radical (unpaired) electrons. The number of benzene rings is 1. The Hall–Kier alpha value is -2.21. The molecule has 23 heavy (non-hydrogen) atoms. The number of hydrogen-bond acceptors (Lipinski definition) is 4. The van der Waals surface area contributed by atoms with Gasteiger partial charge in [0, 0.05) is 18.0 Å². The van der Waals surface area contributed by atoms with Crippen LogP contribution in [0, 0.1) is 11.8 Å². The van der Waals surface area contributed by atoms with E-state index in [2.05, 4.69) is 15.8 Å². The summed E-state index contributed by atoms with van der Waals surface area (Å²) in [5.41, 5.74) is 10.9. The van der Waals surface area contributed by atoms with Crippen LogP contribution >= 0.6 is 0 Å². The van der Waals surface area contributed by atoms with Gasteiger partial charge in [-0.3, -0.25) is 9.59 Å². The van der Waals surface area contributed by atoms with E-state index in [-0.39, 0.29) is 17.7 Å². The van der Waals surface area contributed by atoms with Gasteiger partial charge in [-0.15, -0.1) is 0 Å². The second-order valence-electron chi connectivity index (χ2n) is 6.44. The molecule has 1 heterocycles. The lowest BCUT2D eigenvalue weighted by Gasteiger charge is -2.19. The van der Waals surface area contributed by atoms with Gasteiger partial charge in [0.05, 0.1) is 11.8 Å². The van der Waals surface area contributed by atoms with Crippen molar-refractivity contribution in [2.45, 2.75) is 39.7 Å². The summed E-state index contributed by atoms with van der Waals surface area (Å²) >= 11 is 0. The molecule has 124 valence electrons. The monoisotopic (exact) mass is 316 g/mol. The zero-order valence-corrected chi connectivity index (χ0v) is 13.8. The molecule has 2 atom stereocenters. The van der Waals surface area contributed by atoms with Gasteiger partial charge in [0.15, 0.2) is 0 Å². The van der Waals surface area contributed by atoms with Crippen LogP contribution in [0.5, 0.6) is 0 Å². The predicted octanol–water partition coefficient (Wildman–Crippen LogP) is 1.86. The Labute approximate surface area is 136 Å². The first kappa shape index (κ1) is 17.1. The Balaban J connectivity index is 2.02. The normalized spacial score (nSPS) is 19.1. The molecule has 6 heteroatoms. The van der Waals surface area contributed by atoms with Crippen LogP contribution in [0.4, 0.5) is 5.69 Å².